The molecular weight excluding hydrogens is 544 g/mol. The summed E-state index contributed by atoms with van der Waals surface area (Å²) in [5.41, 5.74) is -4.24. The van der Waals surface area contributed by atoms with E-state index >= 15 is 0 Å². The van der Waals surface area contributed by atoms with E-state index in [4.69, 9.17) is 9.79 Å². The molecule has 1 unspecified atom stereocenters. The highest BCUT2D eigenvalue weighted by Gasteiger charge is 2.50. The van der Waals surface area contributed by atoms with Gasteiger partial charge in [0, 0.05) is 16.0 Å². The molecule has 0 fully saturated rings. The number of alkyl halides is 2. The van der Waals surface area contributed by atoms with E-state index in [1.807, 2.05) is 60.9 Å². The van der Waals surface area contributed by atoms with Gasteiger partial charge in [0.15, 0.2) is 5.78 Å². The van der Waals surface area contributed by atoms with Crippen LogP contribution in [0.1, 0.15) is 32.6 Å². The molecule has 202 valence electrons. The lowest BCUT2D eigenvalue weighted by molar-refractivity contribution is 0.0564. The summed E-state index contributed by atoms with van der Waals surface area (Å²) in [4.78, 5) is 33.6. The molecule has 0 saturated carbocycles. The molecule has 1 atom stereocenters. The molecule has 9 heteroatoms. The number of thioether (sulfide) groups is 1. The smallest absolute Gasteiger partial charge is 0.320 e. The Balaban J connectivity index is 1.88. The molecular formula is C30H26F3O4PS. The van der Waals surface area contributed by atoms with Crippen LogP contribution in [0.4, 0.5) is 13.2 Å². The molecule has 0 bridgehead atoms. The molecule has 39 heavy (non-hydrogen) atoms. The van der Waals surface area contributed by atoms with Crippen LogP contribution in [0.2, 0.25) is 0 Å². The minimum absolute atomic E-state index is 0.0671. The maximum atomic E-state index is 14.3. The van der Waals surface area contributed by atoms with Crippen molar-refractivity contribution in [1.82, 2.24) is 0 Å². The summed E-state index contributed by atoms with van der Waals surface area (Å²) >= 11 is 1.54. The molecule has 0 heterocycles. The molecule has 0 aromatic heterocycles. The SMILES string of the molecule is CSc1ccc(C(Cc2ccccc2)(Cc2ccc(C(F)(F)P(=O)(O)O)cc2)C(=O)c2cccc(F)c2)cc1. The monoisotopic (exact) mass is 570 g/mol. The van der Waals surface area contributed by atoms with Crippen LogP contribution in [-0.2, 0) is 28.5 Å². The summed E-state index contributed by atoms with van der Waals surface area (Å²) in [6.45, 7) is 0. The minimum atomic E-state index is -5.73. The second kappa shape index (κ2) is 11.5. The molecule has 0 aliphatic heterocycles. The maximum absolute atomic E-state index is 14.3. The van der Waals surface area contributed by atoms with Gasteiger partial charge in [-0.25, -0.2) is 4.39 Å². The number of benzene rings is 4. The Morgan fingerprint density at radius 2 is 1.36 bits per heavy atom. The number of carbonyl (C=O) groups excluding carboxylic acids is 1. The van der Waals surface area contributed by atoms with E-state index in [1.165, 1.54) is 42.1 Å². The zero-order valence-electron chi connectivity index (χ0n) is 20.9. The highest BCUT2D eigenvalue weighted by molar-refractivity contribution is 7.98. The third-order valence-corrected chi connectivity index (χ3v) is 8.42. The third-order valence-electron chi connectivity index (χ3n) is 6.69. The molecule has 0 spiro atoms. The zero-order valence-corrected chi connectivity index (χ0v) is 22.6. The molecule has 0 aliphatic rings. The number of hydrogen-bond donors (Lipinski definition) is 2. The maximum Gasteiger partial charge on any atom is 0.399 e. The summed E-state index contributed by atoms with van der Waals surface area (Å²) in [5.74, 6) is -0.899. The quantitative estimate of drug-likeness (QED) is 0.118. The number of ketones is 1. The molecule has 0 radical (unpaired) electrons. The topological polar surface area (TPSA) is 74.6 Å². The van der Waals surface area contributed by atoms with Crippen LogP contribution >= 0.6 is 19.4 Å². The molecule has 4 rings (SSSR count). The Kier molecular flexibility index (Phi) is 8.52. The van der Waals surface area contributed by atoms with Crippen molar-refractivity contribution >= 4 is 25.1 Å². The van der Waals surface area contributed by atoms with Gasteiger partial charge >= 0.3 is 13.3 Å². The van der Waals surface area contributed by atoms with E-state index in [2.05, 4.69) is 0 Å². The number of carbonyl (C=O) groups is 1. The van der Waals surface area contributed by atoms with Crippen LogP contribution in [0.3, 0.4) is 0 Å². The number of halogens is 3. The van der Waals surface area contributed by atoms with Gasteiger partial charge in [0.05, 0.1) is 5.41 Å². The number of rotatable bonds is 10. The summed E-state index contributed by atoms with van der Waals surface area (Å²) in [6.07, 6.45) is 2.24. The molecule has 0 saturated heterocycles. The van der Waals surface area contributed by atoms with Crippen molar-refractivity contribution in [1.29, 1.82) is 0 Å². The first-order valence-corrected chi connectivity index (χ1v) is 14.8. The lowest BCUT2D eigenvalue weighted by Crippen LogP contribution is -2.41. The summed E-state index contributed by atoms with van der Waals surface area (Å²) in [6, 6.07) is 26.9. The van der Waals surface area contributed by atoms with Gasteiger partial charge in [0.1, 0.15) is 5.82 Å². The first-order valence-electron chi connectivity index (χ1n) is 12.0. The van der Waals surface area contributed by atoms with Gasteiger partial charge in [-0.05, 0) is 60.1 Å². The van der Waals surface area contributed by atoms with Gasteiger partial charge in [-0.2, -0.15) is 8.78 Å². The van der Waals surface area contributed by atoms with E-state index in [0.29, 0.717) is 11.1 Å². The third kappa shape index (κ3) is 6.20. The molecule has 4 nitrogen and oxygen atoms in total. The van der Waals surface area contributed by atoms with Gasteiger partial charge in [0.25, 0.3) is 0 Å². The Labute approximate surface area is 229 Å². The van der Waals surface area contributed by atoms with E-state index < -0.39 is 30.1 Å². The fraction of sp³-hybridized carbons (Fsp3) is 0.167. The van der Waals surface area contributed by atoms with Crippen molar-refractivity contribution in [2.45, 2.75) is 28.8 Å². The van der Waals surface area contributed by atoms with Gasteiger partial charge in [-0.1, -0.05) is 78.9 Å². The standard InChI is InChI=1S/C30H26F3O4PS/c1-39-27-16-14-24(15-17-27)29(19-21-6-3-2-4-7-21,28(34)23-8-5-9-26(31)18-23)20-22-10-12-25(13-11-22)30(32,33)38(35,36)37/h2-18H,19-20H2,1H3,(H2,35,36,37). The van der Waals surface area contributed by atoms with Crippen LogP contribution in [-0.4, -0.2) is 21.8 Å². The van der Waals surface area contributed by atoms with Gasteiger partial charge in [-0.3, -0.25) is 9.36 Å². The molecule has 0 amide bonds. The van der Waals surface area contributed by atoms with Gasteiger partial charge in [0.2, 0.25) is 0 Å². The van der Waals surface area contributed by atoms with Crippen LogP contribution in [0.25, 0.3) is 0 Å². The Morgan fingerprint density at radius 3 is 1.90 bits per heavy atom. The molecule has 4 aromatic carbocycles. The normalized spacial score (nSPS) is 13.6. The highest BCUT2D eigenvalue weighted by atomic mass is 32.2. The Bertz CT molecular complexity index is 1490. The predicted molar refractivity (Wildman–Crippen MR) is 147 cm³/mol. The average Bonchev–Trinajstić information content (AvgIpc) is 2.92. The summed E-state index contributed by atoms with van der Waals surface area (Å²) < 4.78 is 54.2. The lowest BCUT2D eigenvalue weighted by atomic mass is 9.67. The van der Waals surface area contributed by atoms with Crippen molar-refractivity contribution in [2.75, 3.05) is 6.26 Å². The molecule has 0 aliphatic carbocycles. The minimum Gasteiger partial charge on any atom is -0.320 e. The molecule has 4 aromatic rings. The summed E-state index contributed by atoms with van der Waals surface area (Å²) in [5, 5.41) is 0. The van der Waals surface area contributed by atoms with Gasteiger partial charge in [-0.15, -0.1) is 11.8 Å². The van der Waals surface area contributed by atoms with Crippen LogP contribution in [0, 0.1) is 5.82 Å². The van der Waals surface area contributed by atoms with Crippen molar-refractivity contribution in [3.63, 3.8) is 0 Å². The first kappa shape index (κ1) is 28.8. The van der Waals surface area contributed by atoms with Gasteiger partial charge < -0.3 is 9.79 Å². The van der Waals surface area contributed by atoms with Crippen molar-refractivity contribution in [3.05, 3.63) is 137 Å². The fourth-order valence-corrected chi connectivity index (χ4v) is 5.55. The van der Waals surface area contributed by atoms with E-state index in [9.17, 15) is 22.5 Å². The van der Waals surface area contributed by atoms with Crippen molar-refractivity contribution < 1.29 is 32.3 Å². The van der Waals surface area contributed by atoms with E-state index in [1.54, 1.807) is 6.07 Å². The second-order valence-electron chi connectivity index (χ2n) is 9.27. The highest BCUT2D eigenvalue weighted by Crippen LogP contribution is 2.59. The largest absolute Gasteiger partial charge is 0.399 e. The Hall–Kier alpha value is -3.16. The zero-order chi connectivity index (χ0) is 28.3. The second-order valence-corrected chi connectivity index (χ2v) is 11.8. The fourth-order valence-electron chi connectivity index (χ4n) is 4.66. The van der Waals surface area contributed by atoms with E-state index in [-0.39, 0.29) is 24.2 Å². The van der Waals surface area contributed by atoms with Crippen molar-refractivity contribution in [3.8, 4) is 0 Å². The Morgan fingerprint density at radius 1 is 0.795 bits per heavy atom. The molecule has 2 N–H and O–H groups in total. The summed E-state index contributed by atoms with van der Waals surface area (Å²) in [7, 11) is -5.73. The van der Waals surface area contributed by atoms with E-state index in [0.717, 1.165) is 22.6 Å². The van der Waals surface area contributed by atoms with Crippen molar-refractivity contribution in [2.24, 2.45) is 0 Å². The first-order chi connectivity index (χ1) is 18.5. The predicted octanol–water partition coefficient (Wildman–Crippen LogP) is 7.38. The number of hydrogen-bond acceptors (Lipinski definition) is 3. The lowest BCUT2D eigenvalue weighted by Gasteiger charge is -2.34. The van der Waals surface area contributed by atoms with Crippen LogP contribution in [0.15, 0.2) is 108 Å². The van der Waals surface area contributed by atoms with Crippen LogP contribution < -0.4 is 0 Å². The average molecular weight is 571 g/mol. The van der Waals surface area contributed by atoms with Crippen LogP contribution in [0.5, 0.6) is 0 Å². The number of Topliss-reactive ketones (excluding diaryl/α,β-unsaturated/α-hetero) is 1.